The zero-order chi connectivity index (χ0) is 16.9. The molecule has 1 fully saturated rings. The molecule has 126 valence electrons. The smallest absolute Gasteiger partial charge is 0.227 e. The zero-order valence-electron chi connectivity index (χ0n) is 13.7. The Bertz CT molecular complexity index is 712. The van der Waals surface area contributed by atoms with Crippen molar-refractivity contribution in [3.8, 4) is 5.75 Å². The van der Waals surface area contributed by atoms with Crippen molar-refractivity contribution in [3.05, 3.63) is 59.1 Å². The first-order chi connectivity index (χ1) is 11.7. The van der Waals surface area contributed by atoms with Gasteiger partial charge in [-0.1, -0.05) is 35.9 Å². The lowest BCUT2D eigenvalue weighted by Crippen LogP contribution is -2.49. The number of piperazine rings is 1. The molecule has 0 N–H and O–H groups in total. The predicted molar refractivity (Wildman–Crippen MR) is 96.9 cm³/mol. The summed E-state index contributed by atoms with van der Waals surface area (Å²) in [5, 5.41) is 0.758. The molecular formula is C19H21ClN2O2. The maximum atomic E-state index is 12.5. The monoisotopic (exact) mass is 344 g/mol. The van der Waals surface area contributed by atoms with E-state index < -0.39 is 0 Å². The predicted octanol–water partition coefficient (Wildman–Crippen LogP) is 3.24. The van der Waals surface area contributed by atoms with E-state index >= 15 is 0 Å². The molecule has 24 heavy (non-hydrogen) atoms. The Morgan fingerprint density at radius 2 is 1.83 bits per heavy atom. The number of hydrogen-bond donors (Lipinski definition) is 0. The zero-order valence-corrected chi connectivity index (χ0v) is 14.5. The molecule has 2 aromatic rings. The van der Waals surface area contributed by atoms with E-state index in [0.29, 0.717) is 19.5 Å². The summed E-state index contributed by atoms with van der Waals surface area (Å²) in [7, 11) is 1.63. The molecule has 0 aromatic heterocycles. The second kappa shape index (κ2) is 7.58. The number of carbonyl (C=O) groups is 1. The summed E-state index contributed by atoms with van der Waals surface area (Å²) in [6.45, 7) is 3.03. The molecule has 0 spiro atoms. The van der Waals surface area contributed by atoms with E-state index in [1.807, 2.05) is 53.4 Å². The van der Waals surface area contributed by atoms with Crippen molar-refractivity contribution in [2.75, 3.05) is 38.2 Å². The van der Waals surface area contributed by atoms with Crippen LogP contribution < -0.4 is 9.64 Å². The van der Waals surface area contributed by atoms with Gasteiger partial charge in [-0.2, -0.15) is 0 Å². The second-order valence-electron chi connectivity index (χ2n) is 5.85. The molecule has 0 unspecified atom stereocenters. The molecule has 1 amide bonds. The Morgan fingerprint density at radius 1 is 1.08 bits per heavy atom. The van der Waals surface area contributed by atoms with Gasteiger partial charge < -0.3 is 14.5 Å². The number of hydrogen-bond acceptors (Lipinski definition) is 3. The molecule has 3 rings (SSSR count). The largest absolute Gasteiger partial charge is 0.497 e. The van der Waals surface area contributed by atoms with Crippen molar-refractivity contribution < 1.29 is 9.53 Å². The van der Waals surface area contributed by atoms with Gasteiger partial charge in [-0.25, -0.2) is 0 Å². The maximum absolute atomic E-state index is 12.5. The number of rotatable bonds is 4. The number of para-hydroxylation sites is 1. The van der Waals surface area contributed by atoms with Crippen LogP contribution in [-0.2, 0) is 11.2 Å². The highest BCUT2D eigenvalue weighted by molar-refractivity contribution is 6.33. The van der Waals surface area contributed by atoms with Gasteiger partial charge in [0.05, 0.1) is 24.2 Å². The summed E-state index contributed by atoms with van der Waals surface area (Å²) in [4.78, 5) is 16.7. The van der Waals surface area contributed by atoms with Crippen LogP contribution in [0.4, 0.5) is 5.69 Å². The van der Waals surface area contributed by atoms with Crippen LogP contribution in [0.5, 0.6) is 5.75 Å². The van der Waals surface area contributed by atoms with Gasteiger partial charge in [-0.05, 0) is 29.8 Å². The van der Waals surface area contributed by atoms with E-state index in [0.717, 1.165) is 35.1 Å². The van der Waals surface area contributed by atoms with Gasteiger partial charge in [-0.3, -0.25) is 4.79 Å². The Balaban J connectivity index is 1.58. The normalized spacial score (nSPS) is 14.6. The van der Waals surface area contributed by atoms with Gasteiger partial charge in [-0.15, -0.1) is 0 Å². The average Bonchev–Trinajstić information content (AvgIpc) is 2.62. The number of benzene rings is 2. The molecule has 0 atom stereocenters. The van der Waals surface area contributed by atoms with Crippen LogP contribution in [0.25, 0.3) is 0 Å². The average molecular weight is 345 g/mol. The van der Waals surface area contributed by atoms with Crippen LogP contribution in [0, 0.1) is 0 Å². The summed E-state index contributed by atoms with van der Waals surface area (Å²) in [6.07, 6.45) is 0.406. The first-order valence-corrected chi connectivity index (χ1v) is 8.45. The third kappa shape index (κ3) is 3.82. The van der Waals surface area contributed by atoms with Crippen molar-refractivity contribution in [1.82, 2.24) is 4.90 Å². The van der Waals surface area contributed by atoms with E-state index in [4.69, 9.17) is 16.3 Å². The first kappa shape index (κ1) is 16.7. The molecule has 1 saturated heterocycles. The van der Waals surface area contributed by atoms with Gasteiger partial charge >= 0.3 is 0 Å². The van der Waals surface area contributed by atoms with E-state index in [1.165, 1.54) is 0 Å². The summed E-state index contributed by atoms with van der Waals surface area (Å²) in [5.74, 6) is 0.936. The fourth-order valence-electron chi connectivity index (χ4n) is 2.97. The van der Waals surface area contributed by atoms with Crippen LogP contribution in [0.1, 0.15) is 5.56 Å². The van der Waals surface area contributed by atoms with Crippen LogP contribution in [0.3, 0.4) is 0 Å². The summed E-state index contributed by atoms with van der Waals surface area (Å²) in [6, 6.07) is 15.5. The standard InChI is InChI=1S/C19H21ClN2O2/c1-24-16-6-4-5-15(13-16)14-19(23)22-11-9-21(10-12-22)18-8-3-2-7-17(18)20/h2-8,13H,9-12,14H2,1H3. The molecule has 0 bridgehead atoms. The second-order valence-corrected chi connectivity index (χ2v) is 6.25. The van der Waals surface area contributed by atoms with Crippen LogP contribution in [0.15, 0.2) is 48.5 Å². The van der Waals surface area contributed by atoms with Crippen molar-refractivity contribution in [2.24, 2.45) is 0 Å². The third-order valence-electron chi connectivity index (χ3n) is 4.32. The van der Waals surface area contributed by atoms with Crippen molar-refractivity contribution in [1.29, 1.82) is 0 Å². The van der Waals surface area contributed by atoms with Crippen LogP contribution in [-0.4, -0.2) is 44.1 Å². The van der Waals surface area contributed by atoms with Gasteiger partial charge in [0.25, 0.3) is 0 Å². The molecule has 0 saturated carbocycles. The van der Waals surface area contributed by atoms with Crippen molar-refractivity contribution in [3.63, 3.8) is 0 Å². The highest BCUT2D eigenvalue weighted by Crippen LogP contribution is 2.26. The number of ether oxygens (including phenoxy) is 1. The molecule has 4 nitrogen and oxygen atoms in total. The molecule has 1 aliphatic heterocycles. The van der Waals surface area contributed by atoms with E-state index in [1.54, 1.807) is 7.11 Å². The Labute approximate surface area is 147 Å². The van der Waals surface area contributed by atoms with Crippen LogP contribution >= 0.6 is 11.6 Å². The topological polar surface area (TPSA) is 32.8 Å². The SMILES string of the molecule is COc1cccc(CC(=O)N2CCN(c3ccccc3Cl)CC2)c1. The van der Waals surface area contributed by atoms with Crippen molar-refractivity contribution >= 4 is 23.2 Å². The number of anilines is 1. The number of carbonyl (C=O) groups excluding carboxylic acids is 1. The number of amides is 1. The van der Waals surface area contributed by atoms with Gasteiger partial charge in [0.2, 0.25) is 5.91 Å². The minimum absolute atomic E-state index is 0.155. The lowest BCUT2D eigenvalue weighted by molar-refractivity contribution is -0.130. The Hall–Kier alpha value is -2.20. The number of halogens is 1. The van der Waals surface area contributed by atoms with E-state index in [-0.39, 0.29) is 5.91 Å². The van der Waals surface area contributed by atoms with Gasteiger partial charge in [0.15, 0.2) is 0 Å². The first-order valence-electron chi connectivity index (χ1n) is 8.07. The number of nitrogens with zero attached hydrogens (tertiary/aromatic N) is 2. The molecule has 1 heterocycles. The molecule has 0 radical (unpaired) electrons. The van der Waals surface area contributed by atoms with Gasteiger partial charge in [0, 0.05) is 26.2 Å². The molecule has 5 heteroatoms. The van der Waals surface area contributed by atoms with Gasteiger partial charge in [0.1, 0.15) is 5.75 Å². The van der Waals surface area contributed by atoms with E-state index in [2.05, 4.69) is 4.90 Å². The molecule has 1 aliphatic rings. The summed E-state index contributed by atoms with van der Waals surface area (Å²) in [5.41, 5.74) is 2.02. The highest BCUT2D eigenvalue weighted by atomic mass is 35.5. The lowest BCUT2D eigenvalue weighted by atomic mass is 10.1. The minimum Gasteiger partial charge on any atom is -0.497 e. The van der Waals surface area contributed by atoms with Crippen LogP contribution in [0.2, 0.25) is 5.02 Å². The van der Waals surface area contributed by atoms with Crippen molar-refractivity contribution in [2.45, 2.75) is 6.42 Å². The summed E-state index contributed by atoms with van der Waals surface area (Å²) < 4.78 is 5.21. The number of methoxy groups -OCH3 is 1. The fraction of sp³-hybridized carbons (Fsp3) is 0.316. The summed E-state index contributed by atoms with van der Waals surface area (Å²) >= 11 is 6.26. The fourth-order valence-corrected chi connectivity index (χ4v) is 3.23. The quantitative estimate of drug-likeness (QED) is 0.853. The Morgan fingerprint density at radius 3 is 2.54 bits per heavy atom. The third-order valence-corrected chi connectivity index (χ3v) is 4.63. The Kier molecular flexibility index (Phi) is 5.26. The lowest BCUT2D eigenvalue weighted by Gasteiger charge is -2.36. The minimum atomic E-state index is 0.155. The molecule has 0 aliphatic carbocycles. The maximum Gasteiger partial charge on any atom is 0.227 e. The molecular weight excluding hydrogens is 324 g/mol. The highest BCUT2D eigenvalue weighted by Gasteiger charge is 2.22. The van der Waals surface area contributed by atoms with E-state index in [9.17, 15) is 4.79 Å². The molecule has 2 aromatic carbocycles.